The summed E-state index contributed by atoms with van der Waals surface area (Å²) in [4.78, 5) is 6.94. The fourth-order valence-electron chi connectivity index (χ4n) is 2.91. The minimum absolute atomic E-state index is 0.202. The molecule has 0 aliphatic carbocycles. The highest BCUT2D eigenvalue weighted by Gasteiger charge is 2.21. The number of likely N-dealkylation sites (tertiary alicyclic amines) is 1. The van der Waals surface area contributed by atoms with Gasteiger partial charge in [-0.3, -0.25) is 0 Å². The first kappa shape index (κ1) is 19.5. The van der Waals surface area contributed by atoms with E-state index in [1.54, 1.807) is 18.2 Å². The molecule has 0 saturated carbocycles. The van der Waals surface area contributed by atoms with E-state index >= 15 is 0 Å². The normalized spacial score (nSPS) is 17.4. The molecule has 1 aromatic carbocycles. The molecule has 1 N–H and O–H groups in total. The molecule has 1 aromatic rings. The zero-order valence-electron chi connectivity index (χ0n) is 15.5. The largest absolute Gasteiger partial charge is 0.486 e. The van der Waals surface area contributed by atoms with Gasteiger partial charge >= 0.3 is 0 Å². The van der Waals surface area contributed by atoms with Gasteiger partial charge in [0.05, 0.1) is 12.6 Å². The van der Waals surface area contributed by atoms with E-state index in [9.17, 15) is 4.39 Å². The molecule has 25 heavy (non-hydrogen) atoms. The van der Waals surface area contributed by atoms with Crippen LogP contribution >= 0.6 is 0 Å². The highest BCUT2D eigenvalue weighted by Crippen LogP contribution is 2.17. The predicted octanol–water partition coefficient (Wildman–Crippen LogP) is 3.06. The smallest absolute Gasteiger partial charge is 0.194 e. The Labute approximate surface area is 150 Å². The Bertz CT molecular complexity index is 545. The Hall–Kier alpha value is -1.82. The summed E-state index contributed by atoms with van der Waals surface area (Å²) in [6.07, 6.45) is 2.18. The van der Waals surface area contributed by atoms with Gasteiger partial charge in [-0.05, 0) is 45.7 Å². The molecule has 1 heterocycles. The third-order valence-corrected chi connectivity index (χ3v) is 4.14. The van der Waals surface area contributed by atoms with Gasteiger partial charge in [0.15, 0.2) is 17.5 Å². The number of rotatable bonds is 7. The Morgan fingerprint density at radius 2 is 2.04 bits per heavy atom. The second kappa shape index (κ2) is 10.2. The maximum Gasteiger partial charge on any atom is 0.194 e. The quantitative estimate of drug-likeness (QED) is 0.606. The summed E-state index contributed by atoms with van der Waals surface area (Å²) in [7, 11) is 0. The summed E-state index contributed by atoms with van der Waals surface area (Å²) in [5.74, 6) is 0.817. The molecule has 0 amide bonds. The van der Waals surface area contributed by atoms with Crippen molar-refractivity contribution in [3.8, 4) is 5.75 Å². The molecule has 0 spiro atoms. The number of piperidine rings is 1. The molecular weight excluding hydrogens is 321 g/mol. The Morgan fingerprint density at radius 3 is 2.68 bits per heavy atom. The van der Waals surface area contributed by atoms with Crippen LogP contribution in [0.15, 0.2) is 29.3 Å². The number of aliphatic imine (C=N–C) groups is 1. The van der Waals surface area contributed by atoms with Crippen molar-refractivity contribution in [3.05, 3.63) is 30.1 Å². The van der Waals surface area contributed by atoms with Crippen LogP contribution in [0, 0.1) is 5.82 Å². The van der Waals surface area contributed by atoms with Crippen molar-refractivity contribution in [3.63, 3.8) is 0 Å². The number of para-hydroxylation sites is 1. The molecule has 1 fully saturated rings. The molecule has 1 aliphatic rings. The molecule has 0 aromatic heterocycles. The van der Waals surface area contributed by atoms with Gasteiger partial charge in [0.2, 0.25) is 0 Å². The summed E-state index contributed by atoms with van der Waals surface area (Å²) >= 11 is 0. The molecule has 1 unspecified atom stereocenters. The van der Waals surface area contributed by atoms with Crippen LogP contribution < -0.4 is 10.1 Å². The summed E-state index contributed by atoms with van der Waals surface area (Å²) in [5.41, 5.74) is 0. The van der Waals surface area contributed by atoms with Crippen LogP contribution in [-0.4, -0.2) is 55.9 Å². The first-order valence-electron chi connectivity index (χ1n) is 9.20. The minimum Gasteiger partial charge on any atom is -0.486 e. The molecule has 0 bridgehead atoms. The molecule has 1 saturated heterocycles. The highest BCUT2D eigenvalue weighted by molar-refractivity contribution is 5.80. The highest BCUT2D eigenvalue weighted by atomic mass is 19.1. The van der Waals surface area contributed by atoms with Crippen molar-refractivity contribution in [1.82, 2.24) is 10.2 Å². The second-order valence-corrected chi connectivity index (χ2v) is 6.20. The topological polar surface area (TPSA) is 46.1 Å². The summed E-state index contributed by atoms with van der Waals surface area (Å²) in [6.45, 7) is 9.91. The predicted molar refractivity (Wildman–Crippen MR) is 98.7 cm³/mol. The second-order valence-electron chi connectivity index (χ2n) is 6.20. The van der Waals surface area contributed by atoms with E-state index in [4.69, 9.17) is 9.47 Å². The Kier molecular flexibility index (Phi) is 7.98. The summed E-state index contributed by atoms with van der Waals surface area (Å²) < 4.78 is 25.0. The number of ether oxygens (including phenoxy) is 2. The van der Waals surface area contributed by atoms with Crippen LogP contribution in [0.25, 0.3) is 0 Å². The first-order chi connectivity index (χ1) is 12.1. The molecule has 1 aliphatic heterocycles. The number of hydrogen-bond donors (Lipinski definition) is 1. The van der Waals surface area contributed by atoms with Crippen molar-refractivity contribution < 1.29 is 13.9 Å². The average molecular weight is 351 g/mol. The molecule has 1 atom stereocenters. The average Bonchev–Trinajstić information content (AvgIpc) is 2.62. The maximum atomic E-state index is 13.7. The van der Waals surface area contributed by atoms with Gasteiger partial charge in [-0.25, -0.2) is 9.38 Å². The van der Waals surface area contributed by atoms with E-state index in [-0.39, 0.29) is 17.7 Å². The molecule has 140 valence electrons. The lowest BCUT2D eigenvalue weighted by Crippen LogP contribution is -2.47. The fourth-order valence-corrected chi connectivity index (χ4v) is 2.91. The van der Waals surface area contributed by atoms with Gasteiger partial charge in [-0.15, -0.1) is 0 Å². The van der Waals surface area contributed by atoms with E-state index < -0.39 is 0 Å². The SMILES string of the molecule is CCNC(=NCC(C)Oc1ccccc1F)N1CCC(OCC)CC1. The third-order valence-electron chi connectivity index (χ3n) is 4.14. The molecular formula is C19H30FN3O2. The number of halogens is 1. The molecule has 5 nitrogen and oxygen atoms in total. The summed E-state index contributed by atoms with van der Waals surface area (Å²) in [5, 5.41) is 3.34. The van der Waals surface area contributed by atoms with Crippen LogP contribution in [0.3, 0.4) is 0 Å². The lowest BCUT2D eigenvalue weighted by atomic mass is 10.1. The number of nitrogens with zero attached hydrogens (tertiary/aromatic N) is 2. The van der Waals surface area contributed by atoms with E-state index in [1.165, 1.54) is 6.07 Å². The molecule has 6 heteroatoms. The van der Waals surface area contributed by atoms with E-state index in [0.29, 0.717) is 12.6 Å². The number of hydrogen-bond acceptors (Lipinski definition) is 3. The monoisotopic (exact) mass is 351 g/mol. The zero-order chi connectivity index (χ0) is 18.1. The molecule has 0 radical (unpaired) electrons. The number of guanidine groups is 1. The van der Waals surface area contributed by atoms with Crippen molar-refractivity contribution in [1.29, 1.82) is 0 Å². The van der Waals surface area contributed by atoms with Crippen LogP contribution in [0.1, 0.15) is 33.6 Å². The fraction of sp³-hybridized carbons (Fsp3) is 0.632. The number of benzene rings is 1. The van der Waals surface area contributed by atoms with Gasteiger partial charge in [0.25, 0.3) is 0 Å². The maximum absolute atomic E-state index is 13.7. The lowest BCUT2D eigenvalue weighted by Gasteiger charge is -2.34. The van der Waals surface area contributed by atoms with Gasteiger partial charge in [-0.1, -0.05) is 12.1 Å². The van der Waals surface area contributed by atoms with E-state index in [1.807, 2.05) is 13.8 Å². The van der Waals surface area contributed by atoms with Crippen LogP contribution in [-0.2, 0) is 4.74 Å². The standard InChI is InChI=1S/C19H30FN3O2/c1-4-21-19(23-12-10-16(11-13-23)24-5-2)22-14-15(3)25-18-9-7-6-8-17(18)20/h6-9,15-16H,4-5,10-14H2,1-3H3,(H,21,22). The van der Waals surface area contributed by atoms with Crippen molar-refractivity contribution in [2.24, 2.45) is 4.99 Å². The van der Waals surface area contributed by atoms with Crippen LogP contribution in [0.4, 0.5) is 4.39 Å². The van der Waals surface area contributed by atoms with E-state index in [0.717, 1.165) is 45.0 Å². The van der Waals surface area contributed by atoms with Crippen molar-refractivity contribution in [2.45, 2.75) is 45.8 Å². The van der Waals surface area contributed by atoms with Gasteiger partial charge in [0.1, 0.15) is 6.10 Å². The van der Waals surface area contributed by atoms with Crippen LogP contribution in [0.2, 0.25) is 0 Å². The number of nitrogens with one attached hydrogen (secondary N) is 1. The lowest BCUT2D eigenvalue weighted by molar-refractivity contribution is 0.0263. The molecule has 2 rings (SSSR count). The zero-order valence-corrected chi connectivity index (χ0v) is 15.5. The first-order valence-corrected chi connectivity index (χ1v) is 9.20. The van der Waals surface area contributed by atoms with Gasteiger partial charge in [0, 0.05) is 26.2 Å². The van der Waals surface area contributed by atoms with Crippen LogP contribution in [0.5, 0.6) is 5.75 Å². The third kappa shape index (κ3) is 6.20. The van der Waals surface area contributed by atoms with E-state index in [2.05, 4.69) is 22.1 Å². The summed E-state index contributed by atoms with van der Waals surface area (Å²) in [6, 6.07) is 6.46. The van der Waals surface area contributed by atoms with Gasteiger partial charge in [-0.2, -0.15) is 0 Å². The van der Waals surface area contributed by atoms with Crippen molar-refractivity contribution in [2.75, 3.05) is 32.8 Å². The Balaban J connectivity index is 1.89. The Morgan fingerprint density at radius 1 is 1.32 bits per heavy atom. The van der Waals surface area contributed by atoms with Crippen molar-refractivity contribution >= 4 is 5.96 Å². The minimum atomic E-state index is -0.344. The van der Waals surface area contributed by atoms with Gasteiger partial charge < -0.3 is 19.7 Å².